The maximum atomic E-state index is 12.7. The Labute approximate surface area is 186 Å². The van der Waals surface area contributed by atoms with Gasteiger partial charge in [0.1, 0.15) is 18.5 Å². The highest BCUT2D eigenvalue weighted by atomic mass is 16.5. The molecule has 2 heterocycles. The summed E-state index contributed by atoms with van der Waals surface area (Å²) >= 11 is 0. The molecule has 0 spiro atoms. The smallest absolute Gasteiger partial charge is 0.254 e. The first-order valence-corrected chi connectivity index (χ1v) is 10.8. The van der Waals surface area contributed by atoms with Crippen molar-refractivity contribution in [2.24, 2.45) is 7.05 Å². The van der Waals surface area contributed by atoms with Crippen molar-refractivity contribution < 1.29 is 14.6 Å². The van der Waals surface area contributed by atoms with Crippen LogP contribution < -0.4 is 4.74 Å². The van der Waals surface area contributed by atoms with Crippen LogP contribution in [0.3, 0.4) is 0 Å². The van der Waals surface area contributed by atoms with Crippen LogP contribution in [0.2, 0.25) is 0 Å². The van der Waals surface area contributed by atoms with Gasteiger partial charge in [0.15, 0.2) is 0 Å². The Balaban J connectivity index is 1.23. The van der Waals surface area contributed by atoms with Crippen molar-refractivity contribution in [2.75, 3.05) is 19.7 Å². The van der Waals surface area contributed by atoms with Gasteiger partial charge < -0.3 is 19.3 Å². The lowest BCUT2D eigenvalue weighted by atomic mass is 9.99. The van der Waals surface area contributed by atoms with Crippen molar-refractivity contribution in [2.45, 2.75) is 12.5 Å². The molecule has 1 unspecified atom stereocenters. The van der Waals surface area contributed by atoms with E-state index in [2.05, 4.69) is 11.1 Å². The van der Waals surface area contributed by atoms with Gasteiger partial charge in [0, 0.05) is 19.2 Å². The Hall–Kier alpha value is -3.64. The first-order chi connectivity index (χ1) is 15.6. The van der Waals surface area contributed by atoms with Crippen molar-refractivity contribution >= 4 is 16.9 Å². The van der Waals surface area contributed by atoms with E-state index in [0.717, 1.165) is 39.7 Å². The van der Waals surface area contributed by atoms with E-state index in [0.29, 0.717) is 12.3 Å². The number of hydrogen-bond donors (Lipinski definition) is 1. The number of aryl methyl sites for hydroxylation is 1. The Bertz CT molecular complexity index is 1280. The lowest BCUT2D eigenvalue weighted by Gasteiger charge is -2.30. The fraction of sp³-hybridized carbons (Fsp3) is 0.231. The fourth-order valence-corrected chi connectivity index (χ4v) is 4.22. The number of benzene rings is 3. The molecule has 0 saturated carbocycles. The molecule has 0 radical (unpaired) electrons. The Morgan fingerprint density at radius 3 is 2.81 bits per heavy atom. The molecule has 6 nitrogen and oxygen atoms in total. The van der Waals surface area contributed by atoms with Crippen molar-refractivity contribution in [3.8, 4) is 16.9 Å². The third-order valence-electron chi connectivity index (χ3n) is 5.95. The normalized spacial score (nSPS) is 14.4. The van der Waals surface area contributed by atoms with E-state index in [-0.39, 0.29) is 19.1 Å². The van der Waals surface area contributed by atoms with Crippen LogP contribution in [-0.4, -0.2) is 51.3 Å². The first kappa shape index (κ1) is 20.3. The molecule has 1 aromatic heterocycles. The van der Waals surface area contributed by atoms with Crippen molar-refractivity contribution in [3.05, 3.63) is 84.2 Å². The third-order valence-corrected chi connectivity index (χ3v) is 5.95. The minimum Gasteiger partial charge on any atom is -0.491 e. The number of carbonyl (C=O) groups is 1. The number of fused-ring (bicyclic) bond motifs is 2. The quantitative estimate of drug-likeness (QED) is 0.510. The molecule has 6 heteroatoms. The van der Waals surface area contributed by atoms with E-state index in [9.17, 15) is 9.90 Å². The van der Waals surface area contributed by atoms with Crippen LogP contribution in [0.4, 0.5) is 0 Å². The summed E-state index contributed by atoms with van der Waals surface area (Å²) in [6.45, 7) is 0.985. The van der Waals surface area contributed by atoms with E-state index in [1.807, 2.05) is 72.3 Å². The Kier molecular flexibility index (Phi) is 5.37. The van der Waals surface area contributed by atoms with Crippen LogP contribution in [0.1, 0.15) is 15.9 Å². The van der Waals surface area contributed by atoms with E-state index < -0.39 is 6.10 Å². The Morgan fingerprint density at radius 1 is 1.06 bits per heavy atom. The van der Waals surface area contributed by atoms with Gasteiger partial charge in [-0.05, 0) is 53.4 Å². The number of hydrogen-bond acceptors (Lipinski definition) is 4. The second kappa shape index (κ2) is 8.48. The molecular formula is C26H25N3O3. The van der Waals surface area contributed by atoms with Gasteiger partial charge in [-0.2, -0.15) is 0 Å². The van der Waals surface area contributed by atoms with Gasteiger partial charge in [-0.25, -0.2) is 4.98 Å². The number of carbonyl (C=O) groups excluding carboxylic acids is 1. The van der Waals surface area contributed by atoms with Crippen LogP contribution in [0, 0.1) is 0 Å². The lowest BCUT2D eigenvalue weighted by Crippen LogP contribution is -2.43. The number of aromatic nitrogens is 2. The molecule has 3 aromatic carbocycles. The van der Waals surface area contributed by atoms with Gasteiger partial charge >= 0.3 is 0 Å². The molecule has 1 amide bonds. The number of aliphatic hydroxyl groups excluding tert-OH is 1. The molecule has 0 fully saturated rings. The minimum atomic E-state index is -0.765. The zero-order valence-electron chi connectivity index (χ0n) is 17.9. The molecule has 5 rings (SSSR count). The summed E-state index contributed by atoms with van der Waals surface area (Å²) < 4.78 is 7.86. The minimum absolute atomic E-state index is 0.0292. The van der Waals surface area contributed by atoms with Crippen molar-refractivity contribution in [3.63, 3.8) is 0 Å². The summed E-state index contributed by atoms with van der Waals surface area (Å²) in [6, 6.07) is 21.6. The monoisotopic (exact) mass is 427 g/mol. The van der Waals surface area contributed by atoms with E-state index >= 15 is 0 Å². The standard InChI is InChI=1S/C26H25N3O3/c1-28-17-27-24-10-9-20(14-25(24)28)19-6-4-7-22(13-19)32-16-21(30)15-29-12-11-18-5-2-3-8-23(18)26(29)31/h2-10,13-14,17,21,30H,11-12,15-16H2,1H3. The van der Waals surface area contributed by atoms with Crippen molar-refractivity contribution in [1.29, 1.82) is 0 Å². The van der Waals surface area contributed by atoms with Gasteiger partial charge in [-0.1, -0.05) is 36.4 Å². The highest BCUT2D eigenvalue weighted by Crippen LogP contribution is 2.27. The zero-order chi connectivity index (χ0) is 22.1. The number of imidazole rings is 1. The summed E-state index contributed by atoms with van der Waals surface area (Å²) in [5, 5.41) is 10.5. The van der Waals surface area contributed by atoms with Gasteiger partial charge in [0.05, 0.1) is 23.9 Å². The summed E-state index contributed by atoms with van der Waals surface area (Å²) in [5.41, 5.74) is 5.93. The van der Waals surface area contributed by atoms with Crippen LogP contribution in [0.25, 0.3) is 22.2 Å². The molecule has 0 bridgehead atoms. The molecule has 1 atom stereocenters. The summed E-state index contributed by atoms with van der Waals surface area (Å²) in [7, 11) is 1.98. The third kappa shape index (κ3) is 3.97. The molecule has 0 saturated heterocycles. The zero-order valence-corrected chi connectivity index (χ0v) is 17.9. The number of nitrogens with zero attached hydrogens (tertiary/aromatic N) is 3. The van der Waals surface area contributed by atoms with Gasteiger partial charge in [0.25, 0.3) is 5.91 Å². The topological polar surface area (TPSA) is 67.6 Å². The van der Waals surface area contributed by atoms with E-state index in [4.69, 9.17) is 4.74 Å². The number of aliphatic hydroxyl groups is 1. The largest absolute Gasteiger partial charge is 0.491 e. The van der Waals surface area contributed by atoms with Crippen LogP contribution in [0.5, 0.6) is 5.75 Å². The fourth-order valence-electron chi connectivity index (χ4n) is 4.22. The average Bonchev–Trinajstić information content (AvgIpc) is 3.20. The number of amides is 1. The molecular weight excluding hydrogens is 402 g/mol. The molecule has 1 aliphatic heterocycles. The maximum absolute atomic E-state index is 12.7. The average molecular weight is 428 g/mol. The summed E-state index contributed by atoms with van der Waals surface area (Å²) in [4.78, 5) is 18.8. The van der Waals surface area contributed by atoms with Gasteiger partial charge in [-0.3, -0.25) is 4.79 Å². The SMILES string of the molecule is Cn1cnc2ccc(-c3cccc(OCC(O)CN4CCc5ccccc5C4=O)c3)cc21. The highest BCUT2D eigenvalue weighted by Gasteiger charge is 2.25. The van der Waals surface area contributed by atoms with Crippen LogP contribution in [-0.2, 0) is 13.5 Å². The molecule has 1 aliphatic rings. The van der Waals surface area contributed by atoms with Crippen molar-refractivity contribution in [1.82, 2.24) is 14.5 Å². The van der Waals surface area contributed by atoms with Crippen LogP contribution >= 0.6 is 0 Å². The predicted molar refractivity (Wildman–Crippen MR) is 124 cm³/mol. The summed E-state index contributed by atoms with van der Waals surface area (Å²) in [5.74, 6) is 0.653. The first-order valence-electron chi connectivity index (χ1n) is 10.8. The van der Waals surface area contributed by atoms with Gasteiger partial charge in [-0.15, -0.1) is 0 Å². The van der Waals surface area contributed by atoms with Gasteiger partial charge in [0.2, 0.25) is 0 Å². The van der Waals surface area contributed by atoms with E-state index in [1.54, 1.807) is 11.2 Å². The second-order valence-electron chi connectivity index (χ2n) is 8.21. The number of rotatable bonds is 6. The molecule has 162 valence electrons. The molecule has 32 heavy (non-hydrogen) atoms. The number of ether oxygens (including phenoxy) is 1. The Morgan fingerprint density at radius 2 is 1.91 bits per heavy atom. The van der Waals surface area contributed by atoms with E-state index in [1.165, 1.54) is 0 Å². The summed E-state index contributed by atoms with van der Waals surface area (Å²) in [6.07, 6.45) is 1.85. The second-order valence-corrected chi connectivity index (χ2v) is 8.21. The highest BCUT2D eigenvalue weighted by molar-refractivity contribution is 5.96. The molecule has 4 aromatic rings. The number of β-amino-alcohol motifs (C(OH)–C–C–N with tert-alkyl or cyclic N) is 1. The molecule has 0 aliphatic carbocycles. The predicted octanol–water partition coefficient (Wildman–Crippen LogP) is 3.68. The lowest BCUT2D eigenvalue weighted by molar-refractivity contribution is 0.0486. The maximum Gasteiger partial charge on any atom is 0.254 e. The van der Waals surface area contributed by atoms with Crippen LogP contribution in [0.15, 0.2) is 73.1 Å². The molecule has 1 N–H and O–H groups in total.